The molecule has 0 radical (unpaired) electrons. The van der Waals surface area contributed by atoms with Crippen LogP contribution in [0.25, 0.3) is 0 Å². The highest BCUT2D eigenvalue weighted by Gasteiger charge is 2.19. The number of aliphatic hydroxyl groups excluding tert-OH is 1. The molecule has 0 saturated carbocycles. The molecule has 11 nitrogen and oxygen atoms in total. The number of methoxy groups -OCH3 is 1. The van der Waals surface area contributed by atoms with E-state index in [-0.39, 0.29) is 35.0 Å². The van der Waals surface area contributed by atoms with Crippen molar-refractivity contribution in [3.05, 3.63) is 34.5 Å². The summed E-state index contributed by atoms with van der Waals surface area (Å²) in [6.07, 6.45) is 2.94. The molecule has 0 bridgehead atoms. The summed E-state index contributed by atoms with van der Waals surface area (Å²) < 4.78 is 10.0. The van der Waals surface area contributed by atoms with E-state index in [1.807, 2.05) is 0 Å². The molecule has 12 heteroatoms. The second-order valence-electron chi connectivity index (χ2n) is 5.53. The third kappa shape index (κ3) is 5.37. The highest BCUT2D eigenvalue weighted by atomic mass is 32.1. The molecule has 0 spiro atoms. The normalized spacial score (nSPS) is 12.8. The van der Waals surface area contributed by atoms with E-state index in [1.165, 1.54) is 19.4 Å². The van der Waals surface area contributed by atoms with Crippen molar-refractivity contribution in [1.29, 1.82) is 0 Å². The highest BCUT2D eigenvalue weighted by Crippen LogP contribution is 2.25. The Balaban J connectivity index is 2.24. The van der Waals surface area contributed by atoms with Crippen molar-refractivity contribution in [2.45, 2.75) is 19.9 Å². The number of aliphatic imine (C=N–C) groups is 1. The van der Waals surface area contributed by atoms with E-state index in [4.69, 9.17) is 14.9 Å². The number of rotatable bonds is 8. The minimum absolute atomic E-state index is 0.104. The Bertz CT molecular complexity index is 951. The van der Waals surface area contributed by atoms with Gasteiger partial charge < -0.3 is 25.3 Å². The van der Waals surface area contributed by atoms with Crippen molar-refractivity contribution in [2.24, 2.45) is 10.7 Å². The first-order valence-electron chi connectivity index (χ1n) is 8.05. The smallest absolute Gasteiger partial charge is 0.381 e. The van der Waals surface area contributed by atoms with Gasteiger partial charge in [0.25, 0.3) is 5.91 Å². The summed E-state index contributed by atoms with van der Waals surface area (Å²) in [5.41, 5.74) is 5.29. The molecule has 28 heavy (non-hydrogen) atoms. The van der Waals surface area contributed by atoms with Crippen molar-refractivity contribution in [1.82, 2.24) is 10.2 Å². The topological polar surface area (TPSA) is 165 Å². The second kappa shape index (κ2) is 9.62. The van der Waals surface area contributed by atoms with Crippen molar-refractivity contribution >= 4 is 38.9 Å². The van der Waals surface area contributed by atoms with Gasteiger partial charge in [-0.05, 0) is 26.1 Å². The lowest BCUT2D eigenvalue weighted by Crippen LogP contribution is -2.23. The number of anilines is 2. The number of nitrogens with zero attached hydrogens (tertiary/aromatic N) is 3. The van der Waals surface area contributed by atoms with E-state index in [0.717, 1.165) is 11.3 Å². The Morgan fingerprint density at radius 1 is 1.54 bits per heavy atom. The maximum Gasteiger partial charge on any atom is 0.381 e. The number of carbonyl (C=O) groups excluding carboxylic acids is 1. The van der Waals surface area contributed by atoms with Gasteiger partial charge in [0.05, 0.1) is 19.4 Å². The molecule has 0 aliphatic rings. The van der Waals surface area contributed by atoms with Gasteiger partial charge in [-0.25, -0.2) is 9.79 Å². The molecule has 2 aromatic rings. The monoisotopic (exact) mass is 408 g/mol. The number of aromatic nitrogens is 2. The Labute approximate surface area is 164 Å². The van der Waals surface area contributed by atoms with Gasteiger partial charge in [-0.3, -0.25) is 10.1 Å². The van der Waals surface area contributed by atoms with Crippen LogP contribution in [0.3, 0.4) is 0 Å². The van der Waals surface area contributed by atoms with Gasteiger partial charge in [0, 0.05) is 17.8 Å². The third-order valence-corrected chi connectivity index (χ3v) is 3.99. The van der Waals surface area contributed by atoms with E-state index < -0.39 is 11.5 Å². The Hall–Kier alpha value is -3.25. The number of hydrogen-bond acceptors (Lipinski definition) is 11. The van der Waals surface area contributed by atoms with Crippen LogP contribution < -0.4 is 26.7 Å². The molecule has 2 aromatic heterocycles. The SMILES string of the molecule is COc1c(N[C@@H](C)CO)cc(C(=O)Nc2nnc(N=C(C)C=CN)s2)oc1=O. The lowest BCUT2D eigenvalue weighted by molar-refractivity contribution is 0.0991. The highest BCUT2D eigenvalue weighted by molar-refractivity contribution is 7.18. The second-order valence-corrected chi connectivity index (χ2v) is 6.49. The number of nitrogens with two attached hydrogens (primary N) is 1. The largest absolute Gasteiger partial charge is 0.488 e. The van der Waals surface area contributed by atoms with Gasteiger partial charge in [0.1, 0.15) is 0 Å². The zero-order chi connectivity index (χ0) is 20.7. The van der Waals surface area contributed by atoms with E-state index in [1.54, 1.807) is 19.9 Å². The summed E-state index contributed by atoms with van der Waals surface area (Å²) in [6.45, 7) is 3.24. The van der Waals surface area contributed by atoms with Gasteiger partial charge in [-0.1, -0.05) is 11.3 Å². The number of aliphatic hydroxyl groups is 1. The summed E-state index contributed by atoms with van der Waals surface area (Å²) in [7, 11) is 1.30. The maximum atomic E-state index is 12.4. The molecule has 0 saturated heterocycles. The van der Waals surface area contributed by atoms with Crippen LogP contribution in [0.1, 0.15) is 24.4 Å². The van der Waals surface area contributed by atoms with Crippen LogP contribution >= 0.6 is 11.3 Å². The zero-order valence-electron chi connectivity index (χ0n) is 15.4. The van der Waals surface area contributed by atoms with Crippen molar-refractivity contribution in [2.75, 3.05) is 24.4 Å². The number of nitrogens with one attached hydrogen (secondary N) is 2. The number of allylic oxidation sites excluding steroid dienone is 1. The Morgan fingerprint density at radius 3 is 2.93 bits per heavy atom. The summed E-state index contributed by atoms with van der Waals surface area (Å²) in [4.78, 5) is 28.7. The number of hydrogen-bond donors (Lipinski definition) is 4. The van der Waals surface area contributed by atoms with Gasteiger partial charge in [0.2, 0.25) is 16.0 Å². The van der Waals surface area contributed by atoms with Crippen LogP contribution in [0, 0.1) is 0 Å². The minimum atomic E-state index is -0.838. The Kier molecular flexibility index (Phi) is 7.23. The van der Waals surface area contributed by atoms with Crippen LogP contribution in [-0.2, 0) is 0 Å². The van der Waals surface area contributed by atoms with Crippen molar-refractivity contribution in [3.63, 3.8) is 0 Å². The molecule has 1 atom stereocenters. The van der Waals surface area contributed by atoms with E-state index >= 15 is 0 Å². The van der Waals surface area contributed by atoms with Crippen LogP contribution in [0.5, 0.6) is 5.75 Å². The molecular weight excluding hydrogens is 388 g/mol. The number of amides is 1. The van der Waals surface area contributed by atoms with E-state index in [9.17, 15) is 14.7 Å². The van der Waals surface area contributed by atoms with Gasteiger partial charge in [0.15, 0.2) is 5.76 Å². The molecule has 2 rings (SSSR count). The van der Waals surface area contributed by atoms with Crippen LogP contribution in [0.4, 0.5) is 16.0 Å². The fourth-order valence-corrected chi connectivity index (χ4v) is 2.67. The zero-order valence-corrected chi connectivity index (χ0v) is 16.2. The average molecular weight is 408 g/mol. The number of ether oxygens (including phenoxy) is 1. The Morgan fingerprint density at radius 2 is 2.29 bits per heavy atom. The van der Waals surface area contributed by atoms with E-state index in [0.29, 0.717) is 10.8 Å². The van der Waals surface area contributed by atoms with Crippen LogP contribution in [-0.4, -0.2) is 46.7 Å². The van der Waals surface area contributed by atoms with E-state index in [2.05, 4.69) is 25.8 Å². The third-order valence-electron chi connectivity index (χ3n) is 3.26. The van der Waals surface area contributed by atoms with Crippen molar-refractivity contribution in [3.8, 4) is 5.75 Å². The van der Waals surface area contributed by atoms with Gasteiger partial charge in [-0.2, -0.15) is 0 Å². The first-order valence-corrected chi connectivity index (χ1v) is 8.87. The lowest BCUT2D eigenvalue weighted by Gasteiger charge is -2.15. The summed E-state index contributed by atoms with van der Waals surface area (Å²) >= 11 is 1.03. The summed E-state index contributed by atoms with van der Waals surface area (Å²) in [5.74, 6) is -1.07. The molecular formula is C16H20N6O5S. The molecule has 0 aromatic carbocycles. The van der Waals surface area contributed by atoms with Gasteiger partial charge >= 0.3 is 5.63 Å². The molecule has 0 unspecified atom stereocenters. The predicted octanol–water partition coefficient (Wildman–Crippen LogP) is 1.11. The summed E-state index contributed by atoms with van der Waals surface area (Å²) in [6, 6.07) is 0.930. The average Bonchev–Trinajstić information content (AvgIpc) is 3.08. The first kappa shape index (κ1) is 21.1. The molecule has 0 aliphatic heterocycles. The van der Waals surface area contributed by atoms with Crippen molar-refractivity contribution < 1.29 is 19.1 Å². The maximum absolute atomic E-state index is 12.4. The molecule has 5 N–H and O–H groups in total. The summed E-state index contributed by atoms with van der Waals surface area (Å²) in [5, 5.41) is 22.7. The number of carbonyl (C=O) groups is 1. The first-order chi connectivity index (χ1) is 13.4. The van der Waals surface area contributed by atoms with Crippen LogP contribution in [0.15, 0.2) is 32.5 Å². The van der Waals surface area contributed by atoms with Gasteiger partial charge in [-0.15, -0.1) is 10.2 Å². The lowest BCUT2D eigenvalue weighted by atomic mass is 10.2. The molecule has 150 valence electrons. The fraction of sp³-hybridized carbons (Fsp3) is 0.312. The fourth-order valence-electron chi connectivity index (χ4n) is 2.00. The predicted molar refractivity (Wildman–Crippen MR) is 106 cm³/mol. The minimum Gasteiger partial charge on any atom is -0.488 e. The van der Waals surface area contributed by atoms with Crippen LogP contribution in [0.2, 0.25) is 0 Å². The standard InChI is InChI=1S/C16H20N6O5S/c1-8(4-5-17)19-15-21-22-16(28-15)20-13(24)11-6-10(18-9(2)7-23)12(26-3)14(25)27-11/h4-6,9,18,23H,7,17H2,1-3H3,(H,20,22,24)/t9-/m0/s1. The molecule has 2 heterocycles. The quantitative estimate of drug-likeness (QED) is 0.468. The molecule has 1 amide bonds. The molecule has 0 fully saturated rings. The molecule has 0 aliphatic carbocycles.